The van der Waals surface area contributed by atoms with Crippen molar-refractivity contribution < 1.29 is 4.42 Å². The summed E-state index contributed by atoms with van der Waals surface area (Å²) in [7, 11) is 0. The van der Waals surface area contributed by atoms with E-state index < -0.39 is 0 Å². The maximum Gasteiger partial charge on any atom is 0.134 e. The van der Waals surface area contributed by atoms with Crippen molar-refractivity contribution in [1.82, 2.24) is 5.32 Å². The van der Waals surface area contributed by atoms with Crippen LogP contribution in [0.1, 0.15) is 11.1 Å². The molecule has 108 valence electrons. The first-order valence-electron chi connectivity index (χ1n) is 6.84. The fraction of sp³-hybridized carbons (Fsp3) is 0.176. The van der Waals surface area contributed by atoms with Gasteiger partial charge in [-0.15, -0.1) is 0 Å². The smallest absolute Gasteiger partial charge is 0.134 e. The molecule has 0 spiro atoms. The topological polar surface area (TPSA) is 25.2 Å². The highest BCUT2D eigenvalue weighted by Crippen LogP contribution is 2.22. The standard InChI is InChI=1S/C17H15Cl2NO/c18-14-6-5-12(16(19)9-14)7-8-20-10-13-11-21-17-4-2-1-3-15(13)17/h1-6,9,11,20H,7-8,10H2. The number of halogens is 2. The lowest BCUT2D eigenvalue weighted by atomic mass is 10.1. The Hall–Kier alpha value is -1.48. The molecule has 0 aliphatic heterocycles. The minimum absolute atomic E-state index is 0.668. The summed E-state index contributed by atoms with van der Waals surface area (Å²) >= 11 is 12.0. The number of nitrogens with one attached hydrogen (secondary N) is 1. The summed E-state index contributed by atoms with van der Waals surface area (Å²) in [6, 6.07) is 13.7. The molecule has 3 aromatic rings. The molecule has 21 heavy (non-hydrogen) atoms. The summed E-state index contributed by atoms with van der Waals surface area (Å²) in [5.74, 6) is 0. The fourth-order valence-electron chi connectivity index (χ4n) is 2.34. The first kappa shape index (κ1) is 14.5. The molecule has 0 bridgehead atoms. The molecule has 2 nitrogen and oxygen atoms in total. The van der Waals surface area contributed by atoms with Crippen LogP contribution >= 0.6 is 23.2 Å². The third-order valence-corrected chi connectivity index (χ3v) is 4.05. The van der Waals surface area contributed by atoms with Gasteiger partial charge < -0.3 is 9.73 Å². The average molecular weight is 320 g/mol. The van der Waals surface area contributed by atoms with Gasteiger partial charge in [0.25, 0.3) is 0 Å². The van der Waals surface area contributed by atoms with Gasteiger partial charge in [-0.05, 0) is 36.7 Å². The molecule has 0 fully saturated rings. The second kappa shape index (κ2) is 6.52. The quantitative estimate of drug-likeness (QED) is 0.664. The van der Waals surface area contributed by atoms with Gasteiger partial charge in [0.15, 0.2) is 0 Å². The molecule has 0 radical (unpaired) electrons. The minimum Gasteiger partial charge on any atom is -0.464 e. The molecule has 0 unspecified atom stereocenters. The largest absolute Gasteiger partial charge is 0.464 e. The highest BCUT2D eigenvalue weighted by Gasteiger charge is 2.05. The lowest BCUT2D eigenvalue weighted by Crippen LogP contribution is -2.16. The van der Waals surface area contributed by atoms with Crippen molar-refractivity contribution in [3.63, 3.8) is 0 Å². The number of hydrogen-bond donors (Lipinski definition) is 1. The van der Waals surface area contributed by atoms with Gasteiger partial charge >= 0.3 is 0 Å². The Morgan fingerprint density at radius 1 is 1.00 bits per heavy atom. The van der Waals surface area contributed by atoms with Crippen molar-refractivity contribution in [3.05, 3.63) is 69.9 Å². The number of rotatable bonds is 5. The molecule has 0 atom stereocenters. The Morgan fingerprint density at radius 2 is 1.86 bits per heavy atom. The van der Waals surface area contributed by atoms with Crippen LogP contribution < -0.4 is 5.32 Å². The van der Waals surface area contributed by atoms with Gasteiger partial charge in [0, 0.05) is 27.5 Å². The molecular formula is C17H15Cl2NO. The SMILES string of the molecule is Clc1ccc(CCNCc2coc3ccccc23)c(Cl)c1. The van der Waals surface area contributed by atoms with Crippen molar-refractivity contribution in [3.8, 4) is 0 Å². The zero-order valence-corrected chi connectivity index (χ0v) is 12.9. The van der Waals surface area contributed by atoms with Crippen molar-refractivity contribution in [2.24, 2.45) is 0 Å². The normalized spacial score (nSPS) is 11.1. The molecule has 0 aliphatic rings. The van der Waals surface area contributed by atoms with Crippen LogP contribution in [0.2, 0.25) is 10.0 Å². The first-order chi connectivity index (χ1) is 10.2. The zero-order valence-electron chi connectivity index (χ0n) is 11.4. The van der Waals surface area contributed by atoms with Gasteiger partial charge in [0.2, 0.25) is 0 Å². The Morgan fingerprint density at radius 3 is 2.71 bits per heavy atom. The zero-order chi connectivity index (χ0) is 14.7. The van der Waals surface area contributed by atoms with Crippen LogP contribution in [0.3, 0.4) is 0 Å². The monoisotopic (exact) mass is 319 g/mol. The van der Waals surface area contributed by atoms with Gasteiger partial charge in [-0.2, -0.15) is 0 Å². The lowest BCUT2D eigenvalue weighted by molar-refractivity contribution is 0.602. The first-order valence-corrected chi connectivity index (χ1v) is 7.59. The van der Waals surface area contributed by atoms with Gasteiger partial charge in [0.05, 0.1) is 6.26 Å². The Labute approximate surface area is 133 Å². The second-order valence-corrected chi connectivity index (χ2v) is 5.76. The highest BCUT2D eigenvalue weighted by atomic mass is 35.5. The summed E-state index contributed by atoms with van der Waals surface area (Å²) in [5.41, 5.74) is 3.20. The van der Waals surface area contributed by atoms with Crippen molar-refractivity contribution in [1.29, 1.82) is 0 Å². The van der Waals surface area contributed by atoms with Gasteiger partial charge in [-0.1, -0.05) is 47.5 Å². The lowest BCUT2D eigenvalue weighted by Gasteiger charge is -2.06. The molecule has 3 rings (SSSR count). The third kappa shape index (κ3) is 3.41. The van der Waals surface area contributed by atoms with Crippen molar-refractivity contribution >= 4 is 34.2 Å². The Kier molecular flexibility index (Phi) is 4.49. The van der Waals surface area contributed by atoms with Gasteiger partial charge in [-0.3, -0.25) is 0 Å². The van der Waals surface area contributed by atoms with E-state index in [0.717, 1.165) is 41.1 Å². The van der Waals surface area contributed by atoms with E-state index in [1.165, 1.54) is 5.56 Å². The van der Waals surface area contributed by atoms with E-state index in [2.05, 4.69) is 11.4 Å². The van der Waals surface area contributed by atoms with E-state index in [4.69, 9.17) is 27.6 Å². The van der Waals surface area contributed by atoms with Crippen molar-refractivity contribution in [2.45, 2.75) is 13.0 Å². The van der Waals surface area contributed by atoms with Crippen LogP contribution in [0.5, 0.6) is 0 Å². The van der Waals surface area contributed by atoms with E-state index >= 15 is 0 Å². The van der Waals surface area contributed by atoms with E-state index in [-0.39, 0.29) is 0 Å². The molecule has 0 saturated carbocycles. The van der Waals surface area contributed by atoms with E-state index in [9.17, 15) is 0 Å². The summed E-state index contributed by atoms with van der Waals surface area (Å²) < 4.78 is 5.52. The maximum absolute atomic E-state index is 6.16. The average Bonchev–Trinajstić information content (AvgIpc) is 2.89. The molecule has 1 aromatic heterocycles. The van der Waals surface area contributed by atoms with Crippen LogP contribution in [-0.4, -0.2) is 6.54 Å². The number of fused-ring (bicyclic) bond motifs is 1. The van der Waals surface area contributed by atoms with Gasteiger partial charge in [-0.25, -0.2) is 0 Å². The number of hydrogen-bond acceptors (Lipinski definition) is 2. The van der Waals surface area contributed by atoms with E-state index in [1.54, 1.807) is 6.07 Å². The highest BCUT2D eigenvalue weighted by molar-refractivity contribution is 6.35. The number of furan rings is 1. The van der Waals surface area contributed by atoms with Crippen LogP contribution in [-0.2, 0) is 13.0 Å². The fourth-order valence-corrected chi connectivity index (χ4v) is 2.84. The molecule has 0 aliphatic carbocycles. The molecular weight excluding hydrogens is 305 g/mol. The second-order valence-electron chi connectivity index (χ2n) is 4.92. The van der Waals surface area contributed by atoms with E-state index in [1.807, 2.05) is 36.6 Å². The predicted octanol–water partition coefficient (Wildman–Crippen LogP) is 5.07. The molecule has 1 heterocycles. The van der Waals surface area contributed by atoms with Crippen LogP contribution in [0.15, 0.2) is 53.1 Å². The Balaban J connectivity index is 1.57. The summed E-state index contributed by atoms with van der Waals surface area (Å²) in [6.07, 6.45) is 2.68. The van der Waals surface area contributed by atoms with Crippen molar-refractivity contribution in [2.75, 3.05) is 6.54 Å². The summed E-state index contributed by atoms with van der Waals surface area (Å²) in [5, 5.41) is 5.97. The van der Waals surface area contributed by atoms with Gasteiger partial charge in [0.1, 0.15) is 5.58 Å². The minimum atomic E-state index is 0.668. The van der Waals surface area contributed by atoms with Crippen LogP contribution in [0, 0.1) is 0 Å². The maximum atomic E-state index is 6.16. The van der Waals surface area contributed by atoms with Crippen LogP contribution in [0.25, 0.3) is 11.0 Å². The molecule has 1 N–H and O–H groups in total. The number of para-hydroxylation sites is 1. The van der Waals surface area contributed by atoms with Crippen LogP contribution in [0.4, 0.5) is 0 Å². The molecule has 4 heteroatoms. The van der Waals surface area contributed by atoms with E-state index in [0.29, 0.717) is 5.02 Å². The summed E-state index contributed by atoms with van der Waals surface area (Å²) in [4.78, 5) is 0. The summed E-state index contributed by atoms with van der Waals surface area (Å²) in [6.45, 7) is 1.63. The number of benzene rings is 2. The predicted molar refractivity (Wildman–Crippen MR) is 88.1 cm³/mol. The molecule has 2 aromatic carbocycles. The molecule has 0 saturated heterocycles. The Bertz CT molecular complexity index is 751. The third-order valence-electron chi connectivity index (χ3n) is 3.46. The molecule has 0 amide bonds.